The molecule has 3 nitrogen and oxygen atoms in total. The molecule has 0 saturated carbocycles. The Kier molecular flexibility index (Phi) is 3.03. The van der Waals surface area contributed by atoms with Gasteiger partial charge in [-0.25, -0.2) is 4.74 Å². The Morgan fingerprint density at radius 2 is 1.62 bits per heavy atom. The smallest absolute Gasteiger partial charge is 0.107 e. The molecule has 3 aliphatic rings. The minimum atomic E-state index is 0.446. The van der Waals surface area contributed by atoms with Gasteiger partial charge in [0.2, 0.25) is 0 Å². The van der Waals surface area contributed by atoms with Gasteiger partial charge in [-0.1, -0.05) is 0 Å². The fourth-order valence-corrected chi connectivity index (χ4v) is 4.86. The van der Waals surface area contributed by atoms with Crippen LogP contribution in [0.15, 0.2) is 4.74 Å². The molecule has 6 unspecified atom stereocenters. The predicted octanol–water partition coefficient (Wildman–Crippen LogP) is 2.56. The normalized spacial score (nSPS) is 52.9. The molecule has 0 aliphatic carbocycles. The van der Waals surface area contributed by atoms with Crippen LogP contribution in [-0.4, -0.2) is 24.0 Å². The number of hydrogen-bond acceptors (Lipinski definition) is 3. The van der Waals surface area contributed by atoms with Gasteiger partial charge in [-0.05, 0) is 51.4 Å². The quantitative estimate of drug-likeness (QED) is 0.637. The monoisotopic (exact) mass is 239 g/mol. The van der Waals surface area contributed by atoms with E-state index < -0.39 is 0 Å². The van der Waals surface area contributed by atoms with Crippen LogP contribution in [0.1, 0.15) is 39.5 Å². The summed E-state index contributed by atoms with van der Waals surface area (Å²) < 4.78 is 4.82. The molecule has 3 rings (SSSR count). The second-order valence-corrected chi connectivity index (χ2v) is 6.76. The number of piperidine rings is 2. The van der Waals surface area contributed by atoms with E-state index in [4.69, 9.17) is 4.74 Å². The highest BCUT2D eigenvalue weighted by Crippen LogP contribution is 2.43. The zero-order valence-corrected chi connectivity index (χ0v) is 11.1. The van der Waals surface area contributed by atoms with E-state index in [9.17, 15) is 0 Å². The molecule has 4 heteroatoms. The van der Waals surface area contributed by atoms with Gasteiger partial charge in [-0.15, -0.1) is 0 Å². The van der Waals surface area contributed by atoms with Gasteiger partial charge in [0.25, 0.3) is 0 Å². The van der Waals surface area contributed by atoms with Crippen LogP contribution < -0.4 is 10.6 Å². The van der Waals surface area contributed by atoms with Crippen molar-refractivity contribution in [3.05, 3.63) is 0 Å². The molecule has 6 atom stereocenters. The van der Waals surface area contributed by atoms with Crippen molar-refractivity contribution < 1.29 is 0 Å². The topological polar surface area (TPSA) is 36.4 Å². The van der Waals surface area contributed by atoms with Crippen molar-refractivity contribution in [2.45, 2.75) is 63.6 Å². The average Bonchev–Trinajstić information content (AvgIpc) is 2.28. The molecule has 0 spiro atoms. The van der Waals surface area contributed by atoms with Crippen LogP contribution in [0.3, 0.4) is 0 Å². The third-order valence-electron chi connectivity index (χ3n) is 4.45. The van der Waals surface area contributed by atoms with E-state index in [2.05, 4.69) is 24.5 Å². The fourth-order valence-electron chi connectivity index (χ4n) is 3.48. The number of nitrogens with zero attached hydrogens (tertiary/aromatic N) is 1. The number of fused-ring (bicyclic) bond motifs is 3. The summed E-state index contributed by atoms with van der Waals surface area (Å²) in [5, 5.41) is 7.39. The summed E-state index contributed by atoms with van der Waals surface area (Å²) in [4.78, 5) is 0. The summed E-state index contributed by atoms with van der Waals surface area (Å²) in [6.45, 7) is 4.59. The van der Waals surface area contributed by atoms with E-state index in [0.29, 0.717) is 24.0 Å². The summed E-state index contributed by atoms with van der Waals surface area (Å²) >= 11 is 0. The molecule has 0 aromatic carbocycles. The first kappa shape index (κ1) is 11.1. The molecular formula is C12H22N3P. The van der Waals surface area contributed by atoms with Gasteiger partial charge in [0.15, 0.2) is 0 Å². The van der Waals surface area contributed by atoms with Crippen molar-refractivity contribution in [3.8, 4) is 0 Å². The molecule has 0 aromatic heterocycles. The largest absolute Gasteiger partial charge is 0.303 e. The van der Waals surface area contributed by atoms with Crippen molar-refractivity contribution in [2.24, 2.45) is 16.6 Å². The Labute approximate surface area is 99.7 Å². The lowest BCUT2D eigenvalue weighted by atomic mass is 9.77. The lowest BCUT2D eigenvalue weighted by Gasteiger charge is -2.46. The first-order valence-electron chi connectivity index (χ1n) is 6.66. The first-order chi connectivity index (χ1) is 7.74. The molecule has 90 valence electrons. The summed E-state index contributed by atoms with van der Waals surface area (Å²) in [5.41, 5.74) is 0. The van der Waals surface area contributed by atoms with Gasteiger partial charge in [0, 0.05) is 20.5 Å². The Balaban J connectivity index is 1.78. The van der Waals surface area contributed by atoms with Crippen molar-refractivity contribution in [1.29, 1.82) is 0 Å². The average molecular weight is 239 g/mol. The third-order valence-corrected chi connectivity index (χ3v) is 5.62. The molecule has 3 heterocycles. The van der Waals surface area contributed by atoms with Gasteiger partial charge in [0.1, 0.15) is 6.17 Å². The van der Waals surface area contributed by atoms with Crippen LogP contribution in [0.5, 0.6) is 0 Å². The molecule has 2 fully saturated rings. The van der Waals surface area contributed by atoms with Gasteiger partial charge >= 0.3 is 0 Å². The summed E-state index contributed by atoms with van der Waals surface area (Å²) in [5.74, 6) is 2.29. The van der Waals surface area contributed by atoms with E-state index in [0.717, 1.165) is 11.8 Å². The van der Waals surface area contributed by atoms with Crippen molar-refractivity contribution in [1.82, 2.24) is 10.6 Å². The molecule has 0 radical (unpaired) electrons. The Morgan fingerprint density at radius 3 is 2.44 bits per heavy atom. The number of nitrogens with one attached hydrogen (secondary N) is 2. The maximum Gasteiger partial charge on any atom is 0.107 e. The lowest BCUT2D eigenvalue weighted by Crippen LogP contribution is -2.55. The minimum absolute atomic E-state index is 0.446. The molecule has 0 bridgehead atoms. The third kappa shape index (κ3) is 1.94. The van der Waals surface area contributed by atoms with Gasteiger partial charge in [0.05, 0.1) is 5.78 Å². The SMILES string of the molecule is CC1CCC2C(N=PC3NC(C)CCC32)N1. The van der Waals surface area contributed by atoms with E-state index in [-0.39, 0.29) is 0 Å². The fraction of sp³-hybridized carbons (Fsp3) is 1.00. The van der Waals surface area contributed by atoms with Gasteiger partial charge in [-0.3, -0.25) is 5.32 Å². The van der Waals surface area contributed by atoms with E-state index in [1.165, 1.54) is 34.1 Å². The highest BCUT2D eigenvalue weighted by molar-refractivity contribution is 7.27. The molecule has 0 amide bonds. The van der Waals surface area contributed by atoms with E-state index in [1.54, 1.807) is 0 Å². The van der Waals surface area contributed by atoms with Crippen LogP contribution in [0.25, 0.3) is 0 Å². The second kappa shape index (κ2) is 4.36. The van der Waals surface area contributed by atoms with Crippen LogP contribution in [0.4, 0.5) is 0 Å². The summed E-state index contributed by atoms with van der Waals surface area (Å²) in [7, 11) is 1.28. The Hall–Kier alpha value is 0.0200. The Morgan fingerprint density at radius 1 is 0.938 bits per heavy atom. The highest BCUT2D eigenvalue weighted by atomic mass is 31.1. The molecule has 16 heavy (non-hydrogen) atoms. The Bertz CT molecular complexity index is 266. The zero-order valence-electron chi connectivity index (χ0n) is 10.2. The molecule has 0 aromatic rings. The second-order valence-electron chi connectivity index (χ2n) is 5.74. The maximum atomic E-state index is 4.82. The highest BCUT2D eigenvalue weighted by Gasteiger charge is 2.42. The van der Waals surface area contributed by atoms with Crippen molar-refractivity contribution in [3.63, 3.8) is 0 Å². The van der Waals surface area contributed by atoms with Gasteiger partial charge in [-0.2, -0.15) is 0 Å². The predicted molar refractivity (Wildman–Crippen MR) is 67.6 cm³/mol. The zero-order chi connectivity index (χ0) is 11.1. The molecule has 2 saturated heterocycles. The molecule has 3 aliphatic heterocycles. The standard InChI is InChI=1S/C12H22N3P/c1-7-3-5-9-10-6-4-8(2)14-12(10)16-15-11(9)13-7/h7-14H,3-6H2,1-2H3. The summed E-state index contributed by atoms with van der Waals surface area (Å²) in [6.07, 6.45) is 5.89. The van der Waals surface area contributed by atoms with E-state index in [1.807, 2.05) is 0 Å². The number of hydrogen-bond donors (Lipinski definition) is 2. The van der Waals surface area contributed by atoms with Crippen molar-refractivity contribution in [2.75, 3.05) is 0 Å². The minimum Gasteiger partial charge on any atom is -0.303 e. The van der Waals surface area contributed by atoms with Crippen LogP contribution >= 0.6 is 8.37 Å². The first-order valence-corrected chi connectivity index (χ1v) is 7.58. The lowest BCUT2D eigenvalue weighted by molar-refractivity contribution is 0.125. The molecular weight excluding hydrogens is 217 g/mol. The van der Waals surface area contributed by atoms with Crippen LogP contribution in [-0.2, 0) is 0 Å². The van der Waals surface area contributed by atoms with Crippen molar-refractivity contribution >= 4 is 8.37 Å². The van der Waals surface area contributed by atoms with E-state index >= 15 is 0 Å². The number of rotatable bonds is 0. The van der Waals surface area contributed by atoms with Gasteiger partial charge < -0.3 is 5.32 Å². The molecule has 2 N–H and O–H groups in total. The van der Waals surface area contributed by atoms with Crippen LogP contribution in [0.2, 0.25) is 0 Å². The summed E-state index contributed by atoms with van der Waals surface area (Å²) in [6, 6.07) is 1.35. The van der Waals surface area contributed by atoms with Crippen LogP contribution in [0, 0.1) is 11.8 Å². The maximum absolute atomic E-state index is 4.82.